The summed E-state index contributed by atoms with van der Waals surface area (Å²) in [7, 11) is 1.72. The quantitative estimate of drug-likeness (QED) is 0.583. The van der Waals surface area contributed by atoms with Gasteiger partial charge in [-0.25, -0.2) is 8.78 Å². The Bertz CT molecular complexity index is 131. The van der Waals surface area contributed by atoms with Gasteiger partial charge in [-0.3, -0.25) is 0 Å². The van der Waals surface area contributed by atoms with Crippen LogP contribution in [-0.2, 0) is 0 Å². The monoisotopic (exact) mass is 151 g/mol. The summed E-state index contributed by atoms with van der Waals surface area (Å²) in [5.74, 6) is 0. The van der Waals surface area contributed by atoms with E-state index in [-0.39, 0.29) is 13.0 Å². The Morgan fingerprint density at radius 2 is 2.20 bits per heavy atom. The third kappa shape index (κ3) is 1.27. The lowest BCUT2D eigenvalue weighted by molar-refractivity contribution is -0.0860. The first-order valence-electron chi connectivity index (χ1n) is 3.24. The summed E-state index contributed by atoms with van der Waals surface area (Å²) in [6.45, 7) is 0.644. The summed E-state index contributed by atoms with van der Waals surface area (Å²) in [6.07, 6.45) is -2.43. The molecule has 1 saturated heterocycles. The smallest absolute Gasteiger partial charge is 0.268 e. The van der Waals surface area contributed by atoms with Gasteiger partial charge in [-0.2, -0.15) is 0 Å². The minimum Gasteiger partial charge on any atom is -0.383 e. The van der Waals surface area contributed by atoms with Crippen molar-refractivity contribution in [3.63, 3.8) is 0 Å². The normalized spacial score (nSPS) is 35.7. The summed E-state index contributed by atoms with van der Waals surface area (Å²) < 4.78 is 24.0. The van der Waals surface area contributed by atoms with Gasteiger partial charge in [-0.05, 0) is 13.5 Å². The average Bonchev–Trinajstić information content (AvgIpc) is 2.13. The van der Waals surface area contributed by atoms with Crippen LogP contribution in [0.1, 0.15) is 6.42 Å². The first kappa shape index (κ1) is 7.88. The summed E-state index contributed by atoms with van der Waals surface area (Å²) >= 11 is 0. The van der Waals surface area contributed by atoms with Gasteiger partial charge in [0.15, 0.2) is 0 Å². The zero-order valence-corrected chi connectivity index (χ0v) is 5.85. The van der Waals surface area contributed by atoms with Gasteiger partial charge in [0.2, 0.25) is 0 Å². The number of β-amino-alcohol motifs (C(OH)–C–C–N with tert-alkyl or cyclic N) is 1. The van der Waals surface area contributed by atoms with E-state index >= 15 is 0 Å². The molecule has 10 heavy (non-hydrogen) atoms. The second kappa shape index (κ2) is 2.43. The predicted octanol–water partition coefficient (Wildman–Crippen LogP) is 0.318. The van der Waals surface area contributed by atoms with E-state index in [1.807, 2.05) is 0 Å². The third-order valence-corrected chi connectivity index (χ3v) is 1.88. The maximum Gasteiger partial charge on any atom is 0.268 e. The molecule has 0 spiro atoms. The highest BCUT2D eigenvalue weighted by atomic mass is 19.3. The van der Waals surface area contributed by atoms with E-state index < -0.39 is 12.0 Å². The van der Waals surface area contributed by atoms with Crippen LogP contribution in [0, 0.1) is 0 Å². The highest BCUT2D eigenvalue weighted by Gasteiger charge is 2.42. The second-order valence-corrected chi connectivity index (χ2v) is 2.89. The van der Waals surface area contributed by atoms with Crippen molar-refractivity contribution in [2.75, 3.05) is 20.1 Å². The molecular formula is C6H11F2NO. The highest BCUT2D eigenvalue weighted by molar-refractivity contribution is 4.90. The van der Waals surface area contributed by atoms with Crippen molar-refractivity contribution in [3.05, 3.63) is 0 Å². The molecule has 60 valence electrons. The van der Waals surface area contributed by atoms with Crippen LogP contribution >= 0.6 is 0 Å². The number of likely N-dealkylation sites (tertiary alicyclic amines) is 1. The molecule has 0 saturated carbocycles. The highest BCUT2D eigenvalue weighted by Crippen LogP contribution is 2.26. The summed E-state index contributed by atoms with van der Waals surface area (Å²) in [5, 5.41) is 9.15. The topological polar surface area (TPSA) is 23.5 Å². The number of aliphatic hydroxyl groups is 1. The predicted molar refractivity (Wildman–Crippen MR) is 33.1 cm³/mol. The van der Waals surface area contributed by atoms with Crippen molar-refractivity contribution in [3.8, 4) is 0 Å². The number of nitrogens with zero attached hydrogens (tertiary/aromatic N) is 1. The van der Waals surface area contributed by atoms with Crippen molar-refractivity contribution >= 4 is 0 Å². The minimum atomic E-state index is -2.61. The zero-order valence-electron chi connectivity index (χ0n) is 5.85. The Labute approximate surface area is 58.4 Å². The number of hydrogen-bond acceptors (Lipinski definition) is 2. The second-order valence-electron chi connectivity index (χ2n) is 2.89. The molecule has 1 aliphatic heterocycles. The number of rotatable bonds is 1. The maximum atomic E-state index is 12.0. The molecule has 0 aromatic heterocycles. The van der Waals surface area contributed by atoms with E-state index in [9.17, 15) is 8.78 Å². The summed E-state index contributed by atoms with van der Waals surface area (Å²) in [6, 6.07) is 0. The van der Waals surface area contributed by atoms with Crippen LogP contribution < -0.4 is 0 Å². The molecule has 1 aliphatic rings. The van der Waals surface area contributed by atoms with Gasteiger partial charge < -0.3 is 10.0 Å². The fraction of sp³-hybridized carbons (Fsp3) is 1.00. The Balaban J connectivity index is 2.54. The van der Waals surface area contributed by atoms with Gasteiger partial charge in [0.1, 0.15) is 5.60 Å². The van der Waals surface area contributed by atoms with Gasteiger partial charge in [0, 0.05) is 13.1 Å². The van der Waals surface area contributed by atoms with Crippen molar-refractivity contribution in [1.82, 2.24) is 4.90 Å². The molecule has 2 nitrogen and oxygen atoms in total. The zero-order chi connectivity index (χ0) is 7.78. The molecule has 0 aromatic rings. The van der Waals surface area contributed by atoms with E-state index in [2.05, 4.69) is 0 Å². The van der Waals surface area contributed by atoms with Gasteiger partial charge in [0.05, 0.1) is 0 Å². The number of halogens is 2. The molecule has 1 fully saturated rings. The largest absolute Gasteiger partial charge is 0.383 e. The molecule has 1 atom stereocenters. The maximum absolute atomic E-state index is 12.0. The lowest BCUT2D eigenvalue weighted by atomic mass is 10.1. The van der Waals surface area contributed by atoms with Crippen LogP contribution in [0.4, 0.5) is 8.78 Å². The van der Waals surface area contributed by atoms with Crippen molar-refractivity contribution in [2.45, 2.75) is 18.4 Å². The van der Waals surface area contributed by atoms with Gasteiger partial charge in [0.25, 0.3) is 6.43 Å². The SMILES string of the molecule is CN1CCC(O)(C(F)F)C1. The van der Waals surface area contributed by atoms with E-state index in [0.29, 0.717) is 6.54 Å². The van der Waals surface area contributed by atoms with Crippen LogP contribution in [0.25, 0.3) is 0 Å². The molecule has 0 amide bonds. The summed E-state index contributed by atoms with van der Waals surface area (Å²) in [4.78, 5) is 1.70. The number of hydrogen-bond donors (Lipinski definition) is 1. The third-order valence-electron chi connectivity index (χ3n) is 1.88. The van der Waals surface area contributed by atoms with Gasteiger partial charge in [-0.15, -0.1) is 0 Å². The van der Waals surface area contributed by atoms with Crippen molar-refractivity contribution in [2.24, 2.45) is 0 Å². The fourth-order valence-electron chi connectivity index (χ4n) is 1.19. The van der Waals surface area contributed by atoms with Crippen molar-refractivity contribution < 1.29 is 13.9 Å². The first-order valence-corrected chi connectivity index (χ1v) is 3.24. The van der Waals surface area contributed by atoms with Crippen LogP contribution in [-0.4, -0.2) is 42.2 Å². The average molecular weight is 151 g/mol. The standard InChI is InChI=1S/C6H11F2NO/c1-9-3-2-6(10,4-9)5(7)8/h5,10H,2-4H2,1H3. The van der Waals surface area contributed by atoms with E-state index in [0.717, 1.165) is 0 Å². The molecule has 1 heterocycles. The molecule has 1 N–H and O–H groups in total. The minimum absolute atomic E-state index is 0.0880. The van der Waals surface area contributed by atoms with Crippen LogP contribution in [0.5, 0.6) is 0 Å². The molecule has 1 rings (SSSR count). The van der Waals surface area contributed by atoms with Crippen molar-refractivity contribution in [1.29, 1.82) is 0 Å². The fourth-order valence-corrected chi connectivity index (χ4v) is 1.19. The Hall–Kier alpha value is -0.220. The number of alkyl halides is 2. The van der Waals surface area contributed by atoms with E-state index in [1.165, 1.54) is 0 Å². The van der Waals surface area contributed by atoms with Crippen LogP contribution in [0.15, 0.2) is 0 Å². The molecule has 0 radical (unpaired) electrons. The molecule has 0 aliphatic carbocycles. The lowest BCUT2D eigenvalue weighted by Gasteiger charge is -2.20. The van der Waals surface area contributed by atoms with Gasteiger partial charge >= 0.3 is 0 Å². The van der Waals surface area contributed by atoms with E-state index in [1.54, 1.807) is 11.9 Å². The van der Waals surface area contributed by atoms with Crippen LogP contribution in [0.2, 0.25) is 0 Å². The van der Waals surface area contributed by atoms with Gasteiger partial charge in [-0.1, -0.05) is 0 Å². The Morgan fingerprint density at radius 1 is 1.60 bits per heavy atom. The molecule has 1 unspecified atom stereocenters. The summed E-state index contributed by atoms with van der Waals surface area (Å²) in [5.41, 5.74) is -1.74. The van der Waals surface area contributed by atoms with E-state index in [4.69, 9.17) is 5.11 Å². The number of likely N-dealkylation sites (N-methyl/N-ethyl adjacent to an activating group) is 1. The molecule has 4 heteroatoms. The lowest BCUT2D eigenvalue weighted by Crippen LogP contribution is -2.39. The molecule has 0 aromatic carbocycles. The molecular weight excluding hydrogens is 140 g/mol. The first-order chi connectivity index (χ1) is 4.54. The Kier molecular flexibility index (Phi) is 1.92. The molecule has 0 bridgehead atoms. The van der Waals surface area contributed by atoms with Crippen LogP contribution in [0.3, 0.4) is 0 Å². The Morgan fingerprint density at radius 3 is 2.40 bits per heavy atom.